The first-order valence-corrected chi connectivity index (χ1v) is 7.74. The van der Waals surface area contributed by atoms with Crippen LogP contribution in [-0.2, 0) is 4.79 Å². The topological polar surface area (TPSA) is 60.9 Å². The molecule has 1 N–H and O–H groups in total. The predicted molar refractivity (Wildman–Crippen MR) is 76.5 cm³/mol. The largest absolute Gasteiger partial charge is 0.480 e. The quantitative estimate of drug-likeness (QED) is 0.846. The molecule has 0 bridgehead atoms. The Kier molecular flexibility index (Phi) is 4.55. The summed E-state index contributed by atoms with van der Waals surface area (Å²) in [6.45, 7) is 7.61. The van der Waals surface area contributed by atoms with Gasteiger partial charge < -0.3 is 14.9 Å². The van der Waals surface area contributed by atoms with Crippen LogP contribution in [0, 0.1) is 11.8 Å². The van der Waals surface area contributed by atoms with Crippen molar-refractivity contribution >= 4 is 12.0 Å². The number of nitrogens with zero attached hydrogens (tertiary/aromatic N) is 2. The number of rotatable bonds is 2. The molecule has 2 aliphatic heterocycles. The van der Waals surface area contributed by atoms with Crippen molar-refractivity contribution in [3.8, 4) is 0 Å². The van der Waals surface area contributed by atoms with Gasteiger partial charge in [0.1, 0.15) is 6.04 Å². The third-order valence-electron chi connectivity index (χ3n) is 4.85. The first-order chi connectivity index (χ1) is 9.43. The van der Waals surface area contributed by atoms with Gasteiger partial charge >= 0.3 is 12.0 Å². The van der Waals surface area contributed by atoms with Crippen molar-refractivity contribution in [1.29, 1.82) is 0 Å². The molecule has 5 heteroatoms. The second kappa shape index (κ2) is 6.02. The van der Waals surface area contributed by atoms with E-state index in [1.165, 1.54) is 0 Å². The van der Waals surface area contributed by atoms with Crippen molar-refractivity contribution in [3.63, 3.8) is 0 Å². The van der Waals surface area contributed by atoms with Crippen molar-refractivity contribution in [1.82, 2.24) is 9.80 Å². The van der Waals surface area contributed by atoms with Gasteiger partial charge in [-0.15, -0.1) is 0 Å². The zero-order valence-corrected chi connectivity index (χ0v) is 12.7. The number of carbonyl (C=O) groups is 2. The second-order valence-electron chi connectivity index (χ2n) is 6.47. The summed E-state index contributed by atoms with van der Waals surface area (Å²) in [4.78, 5) is 27.6. The number of hydrogen-bond donors (Lipinski definition) is 1. The van der Waals surface area contributed by atoms with Crippen LogP contribution in [0.15, 0.2) is 0 Å². The molecule has 5 nitrogen and oxygen atoms in total. The maximum absolute atomic E-state index is 12.7. The molecule has 114 valence electrons. The summed E-state index contributed by atoms with van der Waals surface area (Å²) in [5.41, 5.74) is 0. The van der Waals surface area contributed by atoms with Crippen LogP contribution < -0.4 is 0 Å². The lowest BCUT2D eigenvalue weighted by molar-refractivity contribution is -0.144. The predicted octanol–water partition coefficient (Wildman–Crippen LogP) is 2.41. The molecule has 0 aromatic rings. The fourth-order valence-corrected chi connectivity index (χ4v) is 3.60. The molecule has 0 saturated carbocycles. The molecule has 0 spiro atoms. The van der Waals surface area contributed by atoms with Crippen LogP contribution in [0.3, 0.4) is 0 Å². The monoisotopic (exact) mass is 282 g/mol. The van der Waals surface area contributed by atoms with Crippen molar-refractivity contribution in [2.45, 2.75) is 58.5 Å². The SMILES string of the molecule is CCC1CCN(C(=O)N2CC(C)CC2C)C(C(=O)O)C1. The van der Waals surface area contributed by atoms with Crippen molar-refractivity contribution in [2.75, 3.05) is 13.1 Å². The van der Waals surface area contributed by atoms with Gasteiger partial charge in [-0.05, 0) is 38.0 Å². The van der Waals surface area contributed by atoms with Gasteiger partial charge in [0.2, 0.25) is 0 Å². The van der Waals surface area contributed by atoms with Gasteiger partial charge in [0.05, 0.1) is 0 Å². The van der Waals surface area contributed by atoms with Gasteiger partial charge in [-0.1, -0.05) is 20.3 Å². The summed E-state index contributed by atoms with van der Waals surface area (Å²) in [5, 5.41) is 9.42. The van der Waals surface area contributed by atoms with E-state index in [2.05, 4.69) is 20.8 Å². The summed E-state index contributed by atoms with van der Waals surface area (Å²) in [5.74, 6) is 0.0666. The fraction of sp³-hybridized carbons (Fsp3) is 0.867. The van der Waals surface area contributed by atoms with Crippen LogP contribution in [0.2, 0.25) is 0 Å². The van der Waals surface area contributed by atoms with Crippen LogP contribution >= 0.6 is 0 Å². The van der Waals surface area contributed by atoms with Crippen LogP contribution in [-0.4, -0.2) is 52.1 Å². The smallest absolute Gasteiger partial charge is 0.326 e. The van der Waals surface area contributed by atoms with E-state index in [9.17, 15) is 14.7 Å². The third-order valence-corrected chi connectivity index (χ3v) is 4.85. The van der Waals surface area contributed by atoms with Crippen LogP contribution in [0.5, 0.6) is 0 Å². The Morgan fingerprint density at radius 3 is 2.40 bits per heavy atom. The third kappa shape index (κ3) is 2.91. The normalized spacial score (nSPS) is 34.4. The van der Waals surface area contributed by atoms with Crippen LogP contribution in [0.1, 0.15) is 46.5 Å². The van der Waals surface area contributed by atoms with Gasteiger partial charge in [0.15, 0.2) is 0 Å². The van der Waals surface area contributed by atoms with E-state index in [0.717, 1.165) is 25.8 Å². The number of urea groups is 1. The van der Waals surface area contributed by atoms with E-state index in [1.54, 1.807) is 4.90 Å². The number of amides is 2. The minimum absolute atomic E-state index is 0.0798. The van der Waals surface area contributed by atoms with E-state index in [0.29, 0.717) is 24.8 Å². The molecule has 0 aliphatic carbocycles. The molecule has 2 amide bonds. The molecule has 0 aromatic carbocycles. The zero-order valence-electron chi connectivity index (χ0n) is 12.7. The molecule has 0 radical (unpaired) electrons. The molecule has 0 aromatic heterocycles. The van der Waals surface area contributed by atoms with Crippen LogP contribution in [0.25, 0.3) is 0 Å². The number of carbonyl (C=O) groups excluding carboxylic acids is 1. The molecule has 20 heavy (non-hydrogen) atoms. The van der Waals surface area contributed by atoms with Gasteiger partial charge in [-0.3, -0.25) is 0 Å². The van der Waals surface area contributed by atoms with E-state index in [1.807, 2.05) is 4.90 Å². The number of carboxylic acid groups (broad SMARTS) is 1. The van der Waals surface area contributed by atoms with Crippen molar-refractivity contribution in [2.24, 2.45) is 11.8 Å². The lowest BCUT2D eigenvalue weighted by Crippen LogP contribution is -2.55. The van der Waals surface area contributed by atoms with Crippen LogP contribution in [0.4, 0.5) is 4.79 Å². The maximum Gasteiger partial charge on any atom is 0.326 e. The summed E-state index contributed by atoms with van der Waals surface area (Å²) in [6, 6.07) is -0.510. The fourth-order valence-electron chi connectivity index (χ4n) is 3.60. The highest BCUT2D eigenvalue weighted by atomic mass is 16.4. The molecule has 2 heterocycles. The average molecular weight is 282 g/mol. The number of carboxylic acids is 1. The Labute approximate surface area is 120 Å². The highest BCUT2D eigenvalue weighted by molar-refractivity contribution is 5.83. The Morgan fingerprint density at radius 2 is 1.90 bits per heavy atom. The number of likely N-dealkylation sites (tertiary alicyclic amines) is 2. The summed E-state index contributed by atoms with van der Waals surface area (Å²) < 4.78 is 0. The summed E-state index contributed by atoms with van der Waals surface area (Å²) in [7, 11) is 0. The highest BCUT2D eigenvalue weighted by Crippen LogP contribution is 2.29. The molecule has 4 atom stereocenters. The molecular weight excluding hydrogens is 256 g/mol. The average Bonchev–Trinajstić information content (AvgIpc) is 2.76. The van der Waals surface area contributed by atoms with Gasteiger partial charge in [0, 0.05) is 19.1 Å². The number of hydrogen-bond acceptors (Lipinski definition) is 2. The molecular formula is C15H26N2O3. The Balaban J connectivity index is 2.09. The minimum Gasteiger partial charge on any atom is -0.480 e. The Hall–Kier alpha value is -1.26. The molecule has 4 unspecified atom stereocenters. The van der Waals surface area contributed by atoms with E-state index >= 15 is 0 Å². The molecule has 2 aliphatic rings. The number of aliphatic carboxylic acids is 1. The first-order valence-electron chi connectivity index (χ1n) is 7.74. The Morgan fingerprint density at radius 1 is 1.20 bits per heavy atom. The highest BCUT2D eigenvalue weighted by Gasteiger charge is 2.40. The standard InChI is InChI=1S/C15H26N2O3/c1-4-12-5-6-16(13(8-12)14(18)19)15(20)17-9-10(2)7-11(17)3/h10-13H,4-9H2,1-3H3,(H,18,19). The minimum atomic E-state index is -0.864. The lowest BCUT2D eigenvalue weighted by Gasteiger charge is -2.39. The maximum atomic E-state index is 12.7. The van der Waals surface area contributed by atoms with E-state index < -0.39 is 12.0 Å². The van der Waals surface area contributed by atoms with Crippen molar-refractivity contribution < 1.29 is 14.7 Å². The Bertz CT molecular complexity index is 385. The molecule has 2 saturated heterocycles. The van der Waals surface area contributed by atoms with Gasteiger partial charge in [-0.2, -0.15) is 0 Å². The van der Waals surface area contributed by atoms with E-state index in [-0.39, 0.29) is 12.1 Å². The van der Waals surface area contributed by atoms with Gasteiger partial charge in [-0.25, -0.2) is 9.59 Å². The van der Waals surface area contributed by atoms with Crippen molar-refractivity contribution in [3.05, 3.63) is 0 Å². The van der Waals surface area contributed by atoms with Gasteiger partial charge in [0.25, 0.3) is 0 Å². The molecule has 2 rings (SSSR count). The first kappa shape index (κ1) is 15.1. The number of piperidine rings is 1. The molecule has 2 fully saturated rings. The zero-order chi connectivity index (χ0) is 14.9. The lowest BCUT2D eigenvalue weighted by atomic mass is 9.89. The summed E-state index contributed by atoms with van der Waals surface area (Å²) >= 11 is 0. The second-order valence-corrected chi connectivity index (χ2v) is 6.47. The van der Waals surface area contributed by atoms with E-state index in [4.69, 9.17) is 0 Å². The summed E-state index contributed by atoms with van der Waals surface area (Å²) in [6.07, 6.45) is 3.51.